The zero-order valence-electron chi connectivity index (χ0n) is 11.5. The van der Waals surface area contributed by atoms with Gasteiger partial charge in [-0.2, -0.15) is 13.2 Å². The monoisotopic (exact) mass is 360 g/mol. The van der Waals surface area contributed by atoms with Crippen molar-refractivity contribution >= 4 is 33.2 Å². The molecule has 1 aromatic carbocycles. The SMILES string of the molecule is COc1ccc2sc(=O)n(-c3ncc(C(F)(F)F)cc3Cl)c2c1. The van der Waals surface area contributed by atoms with E-state index in [9.17, 15) is 18.0 Å². The van der Waals surface area contributed by atoms with Crippen molar-refractivity contribution in [2.45, 2.75) is 6.18 Å². The van der Waals surface area contributed by atoms with Crippen LogP contribution in [-0.4, -0.2) is 16.7 Å². The number of halogens is 4. The van der Waals surface area contributed by atoms with Gasteiger partial charge in [0.1, 0.15) is 5.75 Å². The van der Waals surface area contributed by atoms with Crippen molar-refractivity contribution in [1.82, 2.24) is 9.55 Å². The van der Waals surface area contributed by atoms with Crippen LogP contribution in [0.25, 0.3) is 16.0 Å². The summed E-state index contributed by atoms with van der Waals surface area (Å²) in [6.45, 7) is 0. The van der Waals surface area contributed by atoms with Crippen LogP contribution in [0, 0.1) is 0 Å². The van der Waals surface area contributed by atoms with Gasteiger partial charge in [-0.1, -0.05) is 22.9 Å². The molecule has 4 nitrogen and oxygen atoms in total. The maximum atomic E-state index is 12.7. The molecule has 0 unspecified atom stereocenters. The second-order valence-corrected chi connectivity index (χ2v) is 5.96. The summed E-state index contributed by atoms with van der Waals surface area (Å²) in [6.07, 6.45) is -3.91. The van der Waals surface area contributed by atoms with Gasteiger partial charge in [0, 0.05) is 12.3 Å². The standard InChI is InChI=1S/C14H8ClF3N2O2S/c1-22-8-2-3-11-10(5-8)20(13(21)23-11)12-9(15)4-7(6-19-12)14(16,17)18/h2-6H,1H3. The number of pyridine rings is 1. The van der Waals surface area contributed by atoms with E-state index in [0.29, 0.717) is 22.2 Å². The summed E-state index contributed by atoms with van der Waals surface area (Å²) < 4.78 is 45.0. The smallest absolute Gasteiger partial charge is 0.417 e. The van der Waals surface area contributed by atoms with E-state index in [0.717, 1.165) is 17.4 Å². The average Bonchev–Trinajstić information content (AvgIpc) is 2.81. The number of benzene rings is 1. The summed E-state index contributed by atoms with van der Waals surface area (Å²) in [5.41, 5.74) is -0.509. The largest absolute Gasteiger partial charge is 0.497 e. The Labute approximate surface area is 136 Å². The second-order valence-electron chi connectivity index (χ2n) is 4.56. The van der Waals surface area contributed by atoms with E-state index in [1.165, 1.54) is 11.7 Å². The molecule has 23 heavy (non-hydrogen) atoms. The van der Waals surface area contributed by atoms with E-state index in [-0.39, 0.29) is 10.8 Å². The van der Waals surface area contributed by atoms with Gasteiger partial charge in [0.2, 0.25) is 0 Å². The summed E-state index contributed by atoms with van der Waals surface area (Å²) in [5, 5.41) is -0.260. The Morgan fingerprint density at radius 1 is 1.30 bits per heavy atom. The molecule has 2 aromatic heterocycles. The summed E-state index contributed by atoms with van der Waals surface area (Å²) in [6, 6.07) is 5.72. The zero-order valence-corrected chi connectivity index (χ0v) is 13.1. The zero-order chi connectivity index (χ0) is 16.8. The van der Waals surface area contributed by atoms with Gasteiger partial charge in [-0.3, -0.25) is 4.79 Å². The van der Waals surface area contributed by atoms with Crippen molar-refractivity contribution in [3.05, 3.63) is 50.7 Å². The van der Waals surface area contributed by atoms with E-state index < -0.39 is 16.6 Å². The molecule has 0 fully saturated rings. The Morgan fingerprint density at radius 2 is 2.04 bits per heavy atom. The first-order valence-electron chi connectivity index (χ1n) is 6.24. The molecule has 0 aliphatic heterocycles. The molecule has 0 amide bonds. The van der Waals surface area contributed by atoms with Crippen molar-refractivity contribution in [2.75, 3.05) is 7.11 Å². The minimum Gasteiger partial charge on any atom is -0.497 e. The van der Waals surface area contributed by atoms with Crippen LogP contribution in [0.5, 0.6) is 5.75 Å². The maximum absolute atomic E-state index is 12.7. The third-order valence-corrected chi connectivity index (χ3v) is 4.35. The minimum absolute atomic E-state index is 0.0517. The van der Waals surface area contributed by atoms with Crippen LogP contribution >= 0.6 is 22.9 Å². The fraction of sp³-hybridized carbons (Fsp3) is 0.143. The molecule has 0 bridgehead atoms. The molecule has 0 aliphatic rings. The lowest BCUT2D eigenvalue weighted by atomic mass is 10.2. The Hall–Kier alpha value is -2.06. The molecule has 2 heterocycles. The first-order valence-corrected chi connectivity index (χ1v) is 7.43. The molecule has 120 valence electrons. The lowest BCUT2D eigenvalue weighted by Crippen LogP contribution is -2.14. The van der Waals surface area contributed by atoms with E-state index in [4.69, 9.17) is 16.3 Å². The molecular formula is C14H8ClF3N2O2S. The summed E-state index contributed by atoms with van der Waals surface area (Å²) >= 11 is 6.87. The van der Waals surface area contributed by atoms with E-state index in [1.807, 2.05) is 0 Å². The van der Waals surface area contributed by atoms with Gasteiger partial charge in [-0.15, -0.1) is 0 Å². The van der Waals surface area contributed by atoms with Crippen molar-refractivity contribution in [3.63, 3.8) is 0 Å². The maximum Gasteiger partial charge on any atom is 0.417 e. The van der Waals surface area contributed by atoms with Crippen LogP contribution in [-0.2, 0) is 6.18 Å². The number of hydrogen-bond acceptors (Lipinski definition) is 4. The Kier molecular flexibility index (Phi) is 3.81. The number of hydrogen-bond donors (Lipinski definition) is 0. The first-order chi connectivity index (χ1) is 10.8. The normalized spacial score (nSPS) is 11.9. The van der Waals surface area contributed by atoms with Gasteiger partial charge in [0.25, 0.3) is 0 Å². The van der Waals surface area contributed by atoms with Crippen LogP contribution in [0.15, 0.2) is 35.3 Å². The molecule has 9 heteroatoms. The molecule has 3 aromatic rings. The summed E-state index contributed by atoms with van der Waals surface area (Å²) in [7, 11) is 1.47. The van der Waals surface area contributed by atoms with Crippen molar-refractivity contribution in [2.24, 2.45) is 0 Å². The fourth-order valence-electron chi connectivity index (χ4n) is 2.07. The predicted molar refractivity (Wildman–Crippen MR) is 81.8 cm³/mol. The first kappa shape index (κ1) is 15.8. The molecule has 0 N–H and O–H groups in total. The second kappa shape index (κ2) is 5.54. The number of rotatable bonds is 2. The molecule has 0 aliphatic carbocycles. The van der Waals surface area contributed by atoms with Crippen molar-refractivity contribution < 1.29 is 17.9 Å². The third-order valence-electron chi connectivity index (χ3n) is 3.15. The number of alkyl halides is 3. The molecule has 0 atom stereocenters. The highest BCUT2D eigenvalue weighted by atomic mass is 35.5. The highest BCUT2D eigenvalue weighted by molar-refractivity contribution is 7.16. The van der Waals surface area contributed by atoms with E-state index in [2.05, 4.69) is 4.98 Å². The Morgan fingerprint density at radius 3 is 2.65 bits per heavy atom. The number of aromatic nitrogens is 2. The van der Waals surface area contributed by atoms with Gasteiger partial charge < -0.3 is 4.74 Å². The summed E-state index contributed by atoms with van der Waals surface area (Å²) in [5.74, 6) is 0.455. The van der Waals surface area contributed by atoms with Gasteiger partial charge in [0.05, 0.1) is 27.9 Å². The highest BCUT2D eigenvalue weighted by Crippen LogP contribution is 2.33. The van der Waals surface area contributed by atoms with Gasteiger partial charge in [-0.05, 0) is 18.2 Å². The van der Waals surface area contributed by atoms with Crippen LogP contribution in [0.2, 0.25) is 5.02 Å². The topological polar surface area (TPSA) is 44.1 Å². The molecular weight excluding hydrogens is 353 g/mol. The third kappa shape index (κ3) is 2.79. The molecule has 0 radical (unpaired) electrons. The van der Waals surface area contributed by atoms with Crippen molar-refractivity contribution in [3.8, 4) is 11.6 Å². The summed E-state index contributed by atoms with van der Waals surface area (Å²) in [4.78, 5) is 15.5. The van der Waals surface area contributed by atoms with Crippen LogP contribution in [0.4, 0.5) is 13.2 Å². The molecule has 0 saturated heterocycles. The van der Waals surface area contributed by atoms with Crippen LogP contribution < -0.4 is 9.61 Å². The van der Waals surface area contributed by atoms with Crippen LogP contribution in [0.1, 0.15) is 5.56 Å². The van der Waals surface area contributed by atoms with E-state index >= 15 is 0 Å². The van der Waals surface area contributed by atoms with Gasteiger partial charge in [-0.25, -0.2) is 9.55 Å². The highest BCUT2D eigenvalue weighted by Gasteiger charge is 2.32. The minimum atomic E-state index is -4.56. The number of fused-ring (bicyclic) bond motifs is 1. The average molecular weight is 361 g/mol. The van der Waals surface area contributed by atoms with Gasteiger partial charge in [0.15, 0.2) is 5.82 Å². The van der Waals surface area contributed by atoms with Crippen LogP contribution in [0.3, 0.4) is 0 Å². The quantitative estimate of drug-likeness (QED) is 0.690. The number of ether oxygens (including phenoxy) is 1. The Bertz CT molecular complexity index is 949. The van der Waals surface area contributed by atoms with Gasteiger partial charge >= 0.3 is 11.0 Å². The van der Waals surface area contributed by atoms with E-state index in [1.54, 1.807) is 18.2 Å². The number of methoxy groups -OCH3 is 1. The number of thiazole rings is 1. The fourth-order valence-corrected chi connectivity index (χ4v) is 3.18. The molecule has 3 rings (SSSR count). The predicted octanol–water partition coefficient (Wildman–Crippen LogP) is 4.13. The number of nitrogens with zero attached hydrogens (tertiary/aromatic N) is 2. The van der Waals surface area contributed by atoms with Crippen molar-refractivity contribution in [1.29, 1.82) is 0 Å². The molecule has 0 saturated carbocycles. The molecule has 0 spiro atoms. The Balaban J connectivity index is 2.24. The lowest BCUT2D eigenvalue weighted by Gasteiger charge is -2.10. The lowest BCUT2D eigenvalue weighted by molar-refractivity contribution is -0.137.